The van der Waals surface area contributed by atoms with Gasteiger partial charge in [-0.05, 0) is 17.3 Å². The number of aliphatic carboxylic acids is 1. The molecule has 2 rings (SSSR count). The van der Waals surface area contributed by atoms with Gasteiger partial charge in [-0.1, -0.05) is 18.2 Å². The number of carboxylic acids is 1. The van der Waals surface area contributed by atoms with Crippen LogP contribution in [0.25, 0.3) is 0 Å². The van der Waals surface area contributed by atoms with Crippen LogP contribution >= 0.6 is 0 Å². The van der Waals surface area contributed by atoms with E-state index in [1.807, 2.05) is 30.3 Å². The number of rotatable bonds is 6. The smallest absolute Gasteiger partial charge is 0.305 e. The van der Waals surface area contributed by atoms with E-state index in [0.29, 0.717) is 5.82 Å². The molecule has 0 spiro atoms. The fourth-order valence-electron chi connectivity index (χ4n) is 1.29. The highest BCUT2D eigenvalue weighted by atomic mass is 16.5. The van der Waals surface area contributed by atoms with E-state index >= 15 is 0 Å². The summed E-state index contributed by atoms with van der Waals surface area (Å²) in [5.41, 5.74) is 0. The van der Waals surface area contributed by atoms with Gasteiger partial charge in [0.1, 0.15) is 5.75 Å². The van der Waals surface area contributed by atoms with E-state index in [4.69, 9.17) is 9.84 Å². The van der Waals surface area contributed by atoms with Crippen molar-refractivity contribution in [3.63, 3.8) is 0 Å². The van der Waals surface area contributed by atoms with Gasteiger partial charge in [0.25, 0.3) is 0 Å². The lowest BCUT2D eigenvalue weighted by molar-refractivity contribution is -0.137. The predicted octanol–water partition coefficient (Wildman–Crippen LogP) is 0.727. The van der Waals surface area contributed by atoms with Crippen molar-refractivity contribution in [2.24, 2.45) is 0 Å². The molecular formula is C11H12N4O3. The summed E-state index contributed by atoms with van der Waals surface area (Å²) in [7, 11) is 0. The second-order valence-corrected chi connectivity index (χ2v) is 3.55. The van der Waals surface area contributed by atoms with Crippen LogP contribution in [0.15, 0.2) is 30.3 Å². The zero-order chi connectivity index (χ0) is 12.8. The highest BCUT2D eigenvalue weighted by Gasteiger charge is 2.05. The van der Waals surface area contributed by atoms with Gasteiger partial charge < -0.3 is 9.84 Å². The third kappa shape index (κ3) is 3.55. The molecule has 1 heterocycles. The number of carboxylic acid groups (broad SMARTS) is 1. The van der Waals surface area contributed by atoms with Gasteiger partial charge in [-0.2, -0.15) is 4.80 Å². The Morgan fingerprint density at radius 3 is 2.83 bits per heavy atom. The summed E-state index contributed by atoms with van der Waals surface area (Å²) in [5.74, 6) is 0.248. The Balaban J connectivity index is 1.85. The fourth-order valence-corrected chi connectivity index (χ4v) is 1.29. The van der Waals surface area contributed by atoms with Crippen LogP contribution in [0, 0.1) is 0 Å². The van der Waals surface area contributed by atoms with Crippen molar-refractivity contribution < 1.29 is 14.6 Å². The summed E-state index contributed by atoms with van der Waals surface area (Å²) in [4.78, 5) is 11.6. The quantitative estimate of drug-likeness (QED) is 0.810. The standard InChI is InChI=1S/C11H12N4O3/c16-11(17)6-7-15-13-10(12-14-15)8-18-9-4-2-1-3-5-9/h1-5H,6-8H2,(H,16,17). The van der Waals surface area contributed by atoms with Crippen LogP contribution < -0.4 is 4.74 Å². The molecule has 1 aromatic carbocycles. The average Bonchev–Trinajstić information content (AvgIpc) is 2.83. The Morgan fingerprint density at radius 2 is 2.11 bits per heavy atom. The van der Waals surface area contributed by atoms with Crippen molar-refractivity contribution in [2.75, 3.05) is 0 Å². The molecule has 0 atom stereocenters. The average molecular weight is 248 g/mol. The number of nitrogens with zero attached hydrogens (tertiary/aromatic N) is 4. The Bertz CT molecular complexity index is 512. The largest absolute Gasteiger partial charge is 0.485 e. The molecule has 0 fully saturated rings. The van der Waals surface area contributed by atoms with Crippen LogP contribution in [0.2, 0.25) is 0 Å². The van der Waals surface area contributed by atoms with Gasteiger partial charge in [-0.15, -0.1) is 10.2 Å². The number of aryl methyl sites for hydroxylation is 1. The SMILES string of the molecule is O=C(O)CCn1nnc(COc2ccccc2)n1. The first-order valence-electron chi connectivity index (χ1n) is 5.40. The van der Waals surface area contributed by atoms with Gasteiger partial charge in [0.15, 0.2) is 6.61 Å². The van der Waals surface area contributed by atoms with Crippen molar-refractivity contribution in [1.82, 2.24) is 20.2 Å². The van der Waals surface area contributed by atoms with Crippen molar-refractivity contribution in [3.05, 3.63) is 36.2 Å². The van der Waals surface area contributed by atoms with Crippen molar-refractivity contribution in [3.8, 4) is 5.75 Å². The van der Waals surface area contributed by atoms with E-state index in [9.17, 15) is 4.79 Å². The Kier molecular flexibility index (Phi) is 3.85. The topological polar surface area (TPSA) is 90.1 Å². The highest BCUT2D eigenvalue weighted by Crippen LogP contribution is 2.09. The van der Waals surface area contributed by atoms with E-state index in [1.54, 1.807) is 0 Å². The number of carbonyl (C=O) groups is 1. The molecule has 0 amide bonds. The number of hydrogen-bond acceptors (Lipinski definition) is 5. The summed E-state index contributed by atoms with van der Waals surface area (Å²) >= 11 is 0. The summed E-state index contributed by atoms with van der Waals surface area (Å²) in [6.07, 6.45) is -0.0324. The van der Waals surface area contributed by atoms with Crippen LogP contribution in [0.3, 0.4) is 0 Å². The summed E-state index contributed by atoms with van der Waals surface area (Å²) in [6.45, 7) is 0.407. The lowest BCUT2D eigenvalue weighted by Crippen LogP contribution is -2.08. The fraction of sp³-hybridized carbons (Fsp3) is 0.273. The van der Waals surface area contributed by atoms with Gasteiger partial charge in [0, 0.05) is 0 Å². The number of tetrazole rings is 1. The molecule has 0 saturated carbocycles. The van der Waals surface area contributed by atoms with E-state index in [2.05, 4.69) is 15.4 Å². The third-order valence-corrected chi connectivity index (χ3v) is 2.13. The van der Waals surface area contributed by atoms with Gasteiger partial charge in [0.05, 0.1) is 13.0 Å². The second-order valence-electron chi connectivity index (χ2n) is 3.55. The minimum absolute atomic E-state index is 0.0324. The number of aromatic nitrogens is 4. The van der Waals surface area contributed by atoms with Crippen LogP contribution in [-0.4, -0.2) is 31.3 Å². The molecule has 0 aliphatic carbocycles. The second kappa shape index (κ2) is 5.76. The third-order valence-electron chi connectivity index (χ3n) is 2.13. The minimum Gasteiger partial charge on any atom is -0.485 e. The molecule has 7 heteroatoms. The zero-order valence-electron chi connectivity index (χ0n) is 9.56. The zero-order valence-corrected chi connectivity index (χ0v) is 9.56. The number of hydrogen-bond donors (Lipinski definition) is 1. The van der Waals surface area contributed by atoms with E-state index < -0.39 is 5.97 Å². The molecule has 0 aliphatic heterocycles. The molecular weight excluding hydrogens is 236 g/mol. The summed E-state index contributed by atoms with van der Waals surface area (Å²) in [5, 5.41) is 20.0. The van der Waals surface area contributed by atoms with Gasteiger partial charge in [0.2, 0.25) is 5.82 Å². The number of benzene rings is 1. The lowest BCUT2D eigenvalue weighted by Gasteiger charge is -2.01. The molecule has 7 nitrogen and oxygen atoms in total. The monoisotopic (exact) mass is 248 g/mol. The molecule has 2 aromatic rings. The molecule has 0 saturated heterocycles. The van der Waals surface area contributed by atoms with Crippen molar-refractivity contribution in [1.29, 1.82) is 0 Å². The van der Waals surface area contributed by atoms with Crippen molar-refractivity contribution in [2.45, 2.75) is 19.6 Å². The molecule has 94 valence electrons. The minimum atomic E-state index is -0.894. The number of ether oxygens (including phenoxy) is 1. The maximum absolute atomic E-state index is 10.4. The Labute approximate surface area is 103 Å². The molecule has 0 radical (unpaired) electrons. The Morgan fingerprint density at radius 1 is 1.33 bits per heavy atom. The lowest BCUT2D eigenvalue weighted by atomic mass is 10.3. The van der Waals surface area contributed by atoms with E-state index in [0.717, 1.165) is 5.75 Å². The maximum atomic E-state index is 10.4. The molecule has 0 aliphatic rings. The summed E-state index contributed by atoms with van der Waals surface area (Å²) < 4.78 is 5.44. The molecule has 1 aromatic heterocycles. The molecule has 18 heavy (non-hydrogen) atoms. The van der Waals surface area contributed by atoms with Gasteiger partial charge in [-0.25, -0.2) is 0 Å². The van der Waals surface area contributed by atoms with Gasteiger partial charge in [-0.3, -0.25) is 4.79 Å². The maximum Gasteiger partial charge on any atom is 0.305 e. The predicted molar refractivity (Wildman–Crippen MR) is 60.8 cm³/mol. The van der Waals surface area contributed by atoms with E-state index in [1.165, 1.54) is 4.80 Å². The van der Waals surface area contributed by atoms with Crippen LogP contribution in [0.1, 0.15) is 12.2 Å². The summed E-state index contributed by atoms with van der Waals surface area (Å²) in [6, 6.07) is 9.29. The first kappa shape index (κ1) is 12.0. The van der Waals surface area contributed by atoms with Crippen LogP contribution in [0.4, 0.5) is 0 Å². The normalized spacial score (nSPS) is 10.2. The first-order chi connectivity index (χ1) is 8.74. The van der Waals surface area contributed by atoms with Gasteiger partial charge >= 0.3 is 5.97 Å². The number of para-hydroxylation sites is 1. The highest BCUT2D eigenvalue weighted by molar-refractivity contribution is 5.66. The Hall–Kier alpha value is -2.44. The molecule has 1 N–H and O–H groups in total. The first-order valence-corrected chi connectivity index (χ1v) is 5.40. The van der Waals surface area contributed by atoms with Crippen molar-refractivity contribution >= 4 is 5.97 Å². The molecule has 0 unspecified atom stereocenters. The molecule has 0 bridgehead atoms. The van der Waals surface area contributed by atoms with E-state index in [-0.39, 0.29) is 19.6 Å². The van der Waals surface area contributed by atoms with Crippen LogP contribution in [0.5, 0.6) is 5.75 Å². The van der Waals surface area contributed by atoms with Crippen LogP contribution in [-0.2, 0) is 17.9 Å².